The lowest BCUT2D eigenvalue weighted by Crippen LogP contribution is -2.39. The highest BCUT2D eigenvalue weighted by Crippen LogP contribution is 2.23. The molecule has 0 saturated heterocycles. The molecule has 0 saturated carbocycles. The number of hydrogen-bond acceptors (Lipinski definition) is 5. The number of ether oxygens (including phenoxy) is 1. The minimum atomic E-state index is -1.18. The van der Waals surface area contributed by atoms with E-state index in [1.165, 1.54) is 13.1 Å². The Bertz CT molecular complexity index is 619. The van der Waals surface area contributed by atoms with Crippen molar-refractivity contribution in [2.75, 3.05) is 11.9 Å². The normalized spacial score (nSPS) is 12.0. The molecule has 1 amide bonds. The third-order valence-corrected chi connectivity index (χ3v) is 2.64. The molecule has 1 atom stereocenters. The second-order valence-corrected chi connectivity index (χ2v) is 4.28. The maximum Gasteiger partial charge on any atom is 0.325 e. The monoisotopic (exact) mass is 303 g/mol. The summed E-state index contributed by atoms with van der Waals surface area (Å²) < 4.78 is 5.41. The highest BCUT2D eigenvalue weighted by atomic mass is 16.5. The number of amides is 1. The van der Waals surface area contributed by atoms with Crippen molar-refractivity contribution in [2.24, 2.45) is 0 Å². The molecule has 7 heteroatoms. The number of anilines is 1. The Morgan fingerprint density at radius 1 is 1.45 bits per heavy atom. The van der Waals surface area contributed by atoms with Gasteiger partial charge < -0.3 is 20.5 Å². The first kappa shape index (κ1) is 17.0. The molecule has 0 aromatic heterocycles. The summed E-state index contributed by atoms with van der Waals surface area (Å²) in [7, 11) is 0. The van der Waals surface area contributed by atoms with Crippen LogP contribution in [0.1, 0.15) is 13.8 Å². The predicted molar refractivity (Wildman–Crippen MR) is 80.2 cm³/mol. The molecule has 0 aliphatic carbocycles. The van der Waals surface area contributed by atoms with Gasteiger partial charge in [-0.1, -0.05) is 12.1 Å². The van der Waals surface area contributed by atoms with Gasteiger partial charge in [0.25, 0.3) is 5.91 Å². The summed E-state index contributed by atoms with van der Waals surface area (Å²) in [6.45, 7) is 3.63. The zero-order chi connectivity index (χ0) is 16.5. The Hall–Kier alpha value is -3.01. The van der Waals surface area contributed by atoms with Crippen LogP contribution in [-0.4, -0.2) is 29.6 Å². The number of nitrogens with one attached hydrogen (secondary N) is 2. The molecule has 0 aliphatic rings. The van der Waals surface area contributed by atoms with E-state index in [2.05, 4.69) is 10.6 Å². The maximum atomic E-state index is 11.8. The molecule has 0 bridgehead atoms. The number of para-hydroxylation sites is 2. The second kappa shape index (κ2) is 8.32. The van der Waals surface area contributed by atoms with Crippen molar-refractivity contribution in [3.63, 3.8) is 0 Å². The summed E-state index contributed by atoms with van der Waals surface area (Å²) in [6.07, 6.45) is 1.21. The molecule has 0 fully saturated rings. The first-order chi connectivity index (χ1) is 10.5. The number of carbonyl (C=O) groups excluding carboxylic acids is 1. The minimum absolute atomic E-state index is 0.237. The van der Waals surface area contributed by atoms with Crippen LogP contribution in [-0.2, 0) is 9.59 Å². The van der Waals surface area contributed by atoms with Crippen LogP contribution in [0.2, 0.25) is 0 Å². The van der Waals surface area contributed by atoms with Crippen molar-refractivity contribution in [1.29, 1.82) is 5.26 Å². The molecule has 0 spiro atoms. The van der Waals surface area contributed by atoms with Crippen molar-refractivity contribution in [3.05, 3.63) is 36.0 Å². The molecule has 116 valence electrons. The first-order valence-corrected chi connectivity index (χ1v) is 6.61. The van der Waals surface area contributed by atoms with Crippen molar-refractivity contribution in [2.45, 2.75) is 19.9 Å². The van der Waals surface area contributed by atoms with Crippen LogP contribution in [0.15, 0.2) is 36.0 Å². The molecule has 1 rings (SSSR count). The standard InChI is InChI=1S/C15H17N3O4/c1-3-22-13-7-5-4-6-12(13)17-9-11(8-16)14(19)18-10(2)15(20)21/h4-7,9-10,17H,3H2,1-2H3,(H,18,19)(H,20,21)/b11-9-. The summed E-state index contributed by atoms with van der Waals surface area (Å²) in [5.74, 6) is -1.36. The summed E-state index contributed by atoms with van der Waals surface area (Å²) in [6, 6.07) is 7.69. The largest absolute Gasteiger partial charge is 0.492 e. The number of aliphatic carboxylic acids is 1. The van der Waals surface area contributed by atoms with Gasteiger partial charge in [0.1, 0.15) is 23.4 Å². The van der Waals surface area contributed by atoms with E-state index in [0.717, 1.165) is 0 Å². The molecule has 1 aromatic rings. The number of carboxylic acids is 1. The lowest BCUT2D eigenvalue weighted by atomic mass is 10.2. The van der Waals surface area contributed by atoms with E-state index in [4.69, 9.17) is 15.1 Å². The maximum absolute atomic E-state index is 11.8. The molecule has 0 heterocycles. The van der Waals surface area contributed by atoms with Gasteiger partial charge >= 0.3 is 5.97 Å². The number of carboxylic acid groups (broad SMARTS) is 1. The molecule has 3 N–H and O–H groups in total. The fraction of sp³-hybridized carbons (Fsp3) is 0.267. The predicted octanol–water partition coefficient (Wildman–Crippen LogP) is 1.49. The third-order valence-electron chi connectivity index (χ3n) is 2.64. The molecule has 7 nitrogen and oxygen atoms in total. The van der Waals surface area contributed by atoms with E-state index in [9.17, 15) is 9.59 Å². The molecule has 1 aromatic carbocycles. The van der Waals surface area contributed by atoms with Crippen LogP contribution in [0.25, 0.3) is 0 Å². The Labute approximate surface area is 128 Å². The smallest absolute Gasteiger partial charge is 0.325 e. The van der Waals surface area contributed by atoms with Crippen LogP contribution in [0.4, 0.5) is 5.69 Å². The van der Waals surface area contributed by atoms with E-state index in [-0.39, 0.29) is 5.57 Å². The fourth-order valence-corrected chi connectivity index (χ4v) is 1.50. The van der Waals surface area contributed by atoms with Gasteiger partial charge in [0.2, 0.25) is 0 Å². The Balaban J connectivity index is 2.84. The summed E-state index contributed by atoms with van der Waals surface area (Å²) in [5, 5.41) is 22.8. The Morgan fingerprint density at radius 3 is 2.73 bits per heavy atom. The van der Waals surface area contributed by atoms with Gasteiger partial charge in [0, 0.05) is 6.20 Å². The minimum Gasteiger partial charge on any atom is -0.492 e. The highest BCUT2D eigenvalue weighted by molar-refractivity contribution is 5.99. The number of nitriles is 1. The van der Waals surface area contributed by atoms with Crippen molar-refractivity contribution >= 4 is 17.6 Å². The number of nitrogens with zero attached hydrogens (tertiary/aromatic N) is 1. The van der Waals surface area contributed by atoms with E-state index in [1.54, 1.807) is 30.3 Å². The van der Waals surface area contributed by atoms with E-state index in [0.29, 0.717) is 18.0 Å². The van der Waals surface area contributed by atoms with Crippen molar-refractivity contribution in [1.82, 2.24) is 5.32 Å². The molecular formula is C15H17N3O4. The van der Waals surface area contributed by atoms with Gasteiger partial charge in [-0.25, -0.2) is 0 Å². The average Bonchev–Trinajstić information content (AvgIpc) is 2.49. The zero-order valence-electron chi connectivity index (χ0n) is 12.3. The van der Waals surface area contributed by atoms with Crippen molar-refractivity contribution in [3.8, 4) is 11.8 Å². The van der Waals surface area contributed by atoms with Gasteiger partial charge in [0.15, 0.2) is 0 Å². The van der Waals surface area contributed by atoms with Crippen LogP contribution < -0.4 is 15.4 Å². The Kier molecular flexibility index (Phi) is 6.44. The van der Waals surface area contributed by atoms with Crippen LogP contribution in [0.3, 0.4) is 0 Å². The number of benzene rings is 1. The van der Waals surface area contributed by atoms with Crippen molar-refractivity contribution < 1.29 is 19.4 Å². The fourth-order valence-electron chi connectivity index (χ4n) is 1.50. The molecule has 0 aliphatic heterocycles. The van der Waals surface area contributed by atoms with E-state index in [1.807, 2.05) is 6.92 Å². The van der Waals surface area contributed by atoms with Gasteiger partial charge in [-0.2, -0.15) is 5.26 Å². The molecule has 22 heavy (non-hydrogen) atoms. The summed E-state index contributed by atoms with van der Waals surface area (Å²) >= 11 is 0. The van der Waals surface area contributed by atoms with Gasteiger partial charge in [-0.05, 0) is 26.0 Å². The average molecular weight is 303 g/mol. The quantitative estimate of drug-likeness (QED) is 0.520. The summed E-state index contributed by atoms with van der Waals surface area (Å²) in [5.41, 5.74) is 0.357. The molecule has 1 unspecified atom stereocenters. The second-order valence-electron chi connectivity index (χ2n) is 4.28. The topological polar surface area (TPSA) is 111 Å². The van der Waals surface area contributed by atoms with Gasteiger partial charge in [-0.15, -0.1) is 0 Å². The number of rotatable bonds is 7. The lowest BCUT2D eigenvalue weighted by molar-refractivity contribution is -0.140. The Morgan fingerprint density at radius 2 is 2.14 bits per heavy atom. The first-order valence-electron chi connectivity index (χ1n) is 6.61. The number of hydrogen-bond donors (Lipinski definition) is 3. The van der Waals surface area contributed by atoms with Gasteiger partial charge in [0.05, 0.1) is 12.3 Å². The third kappa shape index (κ3) is 4.83. The lowest BCUT2D eigenvalue weighted by Gasteiger charge is -2.11. The summed E-state index contributed by atoms with van der Waals surface area (Å²) in [4.78, 5) is 22.5. The van der Waals surface area contributed by atoms with Crippen LogP contribution in [0.5, 0.6) is 5.75 Å². The van der Waals surface area contributed by atoms with Gasteiger partial charge in [-0.3, -0.25) is 9.59 Å². The molecule has 0 radical (unpaired) electrons. The molecular weight excluding hydrogens is 286 g/mol. The van der Waals surface area contributed by atoms with E-state index < -0.39 is 17.9 Å². The highest BCUT2D eigenvalue weighted by Gasteiger charge is 2.17. The SMILES string of the molecule is CCOc1ccccc1N/C=C(/C#N)C(=O)NC(C)C(=O)O. The zero-order valence-corrected chi connectivity index (χ0v) is 12.3. The van der Waals surface area contributed by atoms with Crippen LogP contribution in [0, 0.1) is 11.3 Å². The van der Waals surface area contributed by atoms with Crippen LogP contribution >= 0.6 is 0 Å². The van der Waals surface area contributed by atoms with E-state index >= 15 is 0 Å². The number of carbonyl (C=O) groups is 2.